The Labute approximate surface area is 397 Å². The lowest BCUT2D eigenvalue weighted by atomic mass is 10.2. The first-order chi connectivity index (χ1) is 29.0. The van der Waals surface area contributed by atoms with Gasteiger partial charge >= 0.3 is 44.3 Å². The van der Waals surface area contributed by atoms with Gasteiger partial charge in [0.25, 0.3) is 56.4 Å². The molecule has 3 fully saturated rings. The van der Waals surface area contributed by atoms with E-state index >= 15 is 0 Å². The van der Waals surface area contributed by atoms with Gasteiger partial charge in [-0.05, 0) is 121 Å². The molecule has 3 heterocycles. The van der Waals surface area contributed by atoms with Gasteiger partial charge in [0.15, 0.2) is 18.1 Å². The Morgan fingerprint density at radius 3 is 1.59 bits per heavy atom. The number of hydrogen-bond donors (Lipinski definition) is 0. The molecular weight excluding hydrogens is 1030 g/mol. The third-order valence-electron chi connectivity index (χ3n) is 11.3. The van der Waals surface area contributed by atoms with Gasteiger partial charge in [-0.1, -0.05) is 77.0 Å². The van der Waals surface area contributed by atoms with Crippen molar-refractivity contribution in [2.45, 2.75) is 204 Å². The van der Waals surface area contributed by atoms with Crippen LogP contribution in [0.25, 0.3) is 0 Å². The lowest BCUT2D eigenvalue weighted by molar-refractivity contribution is -0.0226. The summed E-state index contributed by atoms with van der Waals surface area (Å²) in [6.07, 6.45) is 14.2. The Morgan fingerprint density at radius 1 is 0.508 bits per heavy atom. The molecule has 0 radical (unpaired) electrons. The van der Waals surface area contributed by atoms with Crippen LogP contribution in [-0.2, 0) is 58.2 Å². The van der Waals surface area contributed by atoms with E-state index in [1.165, 1.54) is 82.0 Å². The van der Waals surface area contributed by atoms with Gasteiger partial charge in [-0.25, -0.2) is 0 Å². The highest BCUT2D eigenvalue weighted by Gasteiger charge is 2.41. The van der Waals surface area contributed by atoms with Crippen molar-refractivity contribution >= 4 is 138 Å². The van der Waals surface area contributed by atoms with Crippen LogP contribution in [0, 0.1) is 0 Å². The average Bonchev–Trinajstić information content (AvgIpc) is 3.11. The summed E-state index contributed by atoms with van der Waals surface area (Å²) in [6.45, 7) is 26.1. The maximum Gasteiger partial charge on any atom is 0.327 e. The molecule has 0 aromatic rings. The Morgan fingerprint density at radius 2 is 0.984 bits per heavy atom. The molecule has 0 aliphatic carbocycles. The topological polar surface area (TPSA) is 129 Å². The minimum absolute atomic E-state index is 0.232. The van der Waals surface area contributed by atoms with Gasteiger partial charge in [0.05, 0.1) is 0 Å². The smallest absolute Gasteiger partial charge is 0.327 e. The molecule has 11 atom stereocenters. The Bertz CT molecular complexity index is 1120. The fourth-order valence-corrected chi connectivity index (χ4v) is 60.4. The van der Waals surface area contributed by atoms with Crippen molar-refractivity contribution < 1.29 is 58.2 Å². The van der Waals surface area contributed by atoms with Gasteiger partial charge in [-0.3, -0.25) is 0 Å². The Hall–Kier alpha value is 2.69. The van der Waals surface area contributed by atoms with Crippen LogP contribution in [0.15, 0.2) is 0 Å². The van der Waals surface area contributed by atoms with Gasteiger partial charge in [0, 0.05) is 0 Å². The van der Waals surface area contributed by atoms with Crippen LogP contribution in [0.3, 0.4) is 0 Å². The lowest BCUT2D eigenvalue weighted by Gasteiger charge is -2.37. The first-order valence-electron chi connectivity index (χ1n) is 24.1. The van der Waals surface area contributed by atoms with Crippen molar-refractivity contribution in [2.24, 2.45) is 0 Å². The highest BCUT2D eigenvalue weighted by molar-refractivity contribution is 6.85. The van der Waals surface area contributed by atoms with Crippen molar-refractivity contribution in [1.29, 1.82) is 0 Å². The summed E-state index contributed by atoms with van der Waals surface area (Å²) in [5.74, 6) is 0. The molecule has 0 saturated carbocycles. The summed E-state index contributed by atoms with van der Waals surface area (Å²) in [6, 6.07) is 6.67. The molecular formula is C32H90O14Si15. The van der Waals surface area contributed by atoms with Gasteiger partial charge in [0.1, 0.15) is 25.8 Å². The SMILES string of the molecule is CC1O[SiH](C)O[SiH](C)O[Si](C)(CCCCCC[SiH2]O[SiH](CCCCCC[Si]2(C)O[SiH](C)O[SiH](C)O[SiH](C)O2)O[SiH2]O[SiH2]CCCCCC[Si]2(C)O[SiH](C)C[SiH](C)O[SiH](C)O2)O1. The van der Waals surface area contributed by atoms with Crippen LogP contribution in [-0.4, -0.2) is 145 Å². The average molecular weight is 1120 g/mol. The number of unbranched alkanes of at least 4 members (excludes halogenated alkanes) is 9. The molecule has 29 heteroatoms. The molecule has 3 saturated heterocycles. The van der Waals surface area contributed by atoms with Gasteiger partial charge < -0.3 is 58.2 Å². The second kappa shape index (κ2) is 31.7. The van der Waals surface area contributed by atoms with Crippen molar-refractivity contribution in [2.75, 3.05) is 0 Å². The maximum absolute atomic E-state index is 6.68. The number of rotatable bonds is 27. The molecule has 3 aliphatic heterocycles. The van der Waals surface area contributed by atoms with E-state index in [2.05, 4.69) is 72.0 Å². The first-order valence-corrected chi connectivity index (χ1v) is 55.2. The molecule has 0 bridgehead atoms. The number of hydrogen-bond acceptors (Lipinski definition) is 14. The fraction of sp³-hybridized carbons (Fsp3) is 1.00. The lowest BCUT2D eigenvalue weighted by Crippen LogP contribution is -2.52. The molecule has 3 aliphatic rings. The highest BCUT2D eigenvalue weighted by Crippen LogP contribution is 2.27. The molecule has 11 unspecified atom stereocenters. The van der Waals surface area contributed by atoms with Crippen LogP contribution in [0.2, 0.25) is 114 Å². The normalized spacial score (nSPS) is 36.9. The molecule has 362 valence electrons. The Balaban J connectivity index is 1.32. The molecule has 0 aromatic heterocycles. The minimum Gasteiger partial charge on any atom is -0.446 e. The summed E-state index contributed by atoms with van der Waals surface area (Å²) in [5, 5.41) is 0. The molecule has 0 amide bonds. The van der Waals surface area contributed by atoms with E-state index in [4.69, 9.17) is 58.2 Å². The third kappa shape index (κ3) is 26.9. The van der Waals surface area contributed by atoms with Gasteiger partial charge in [-0.15, -0.1) is 0 Å². The summed E-state index contributed by atoms with van der Waals surface area (Å²) in [7, 11) is -22.6. The highest BCUT2D eigenvalue weighted by atomic mass is 28.5. The van der Waals surface area contributed by atoms with E-state index in [9.17, 15) is 0 Å². The van der Waals surface area contributed by atoms with E-state index in [-0.39, 0.29) is 6.29 Å². The van der Waals surface area contributed by atoms with Crippen LogP contribution in [0.1, 0.15) is 84.0 Å². The van der Waals surface area contributed by atoms with Gasteiger partial charge in [0.2, 0.25) is 0 Å². The van der Waals surface area contributed by atoms with E-state index in [1.54, 1.807) is 0 Å². The van der Waals surface area contributed by atoms with Gasteiger partial charge in [-0.2, -0.15) is 0 Å². The van der Waals surface area contributed by atoms with E-state index < -0.39 is 138 Å². The second-order valence-electron chi connectivity index (χ2n) is 18.1. The monoisotopic (exact) mass is 1120 g/mol. The van der Waals surface area contributed by atoms with E-state index in [0.717, 1.165) is 37.0 Å². The van der Waals surface area contributed by atoms with Crippen LogP contribution in [0.5, 0.6) is 0 Å². The van der Waals surface area contributed by atoms with E-state index in [0.29, 0.717) is 0 Å². The van der Waals surface area contributed by atoms with Crippen molar-refractivity contribution in [3.63, 3.8) is 0 Å². The minimum atomic E-state index is -2.28. The molecule has 0 spiro atoms. The van der Waals surface area contributed by atoms with Crippen molar-refractivity contribution in [3.05, 3.63) is 0 Å². The quantitative estimate of drug-likeness (QED) is 0.0867. The zero-order valence-electron chi connectivity index (χ0n) is 40.5. The molecule has 3 rings (SSSR count). The zero-order chi connectivity index (χ0) is 44.7. The van der Waals surface area contributed by atoms with Crippen molar-refractivity contribution in [1.82, 2.24) is 0 Å². The fourth-order valence-electron chi connectivity index (χ4n) is 8.78. The third-order valence-corrected chi connectivity index (χ3v) is 60.2. The standard InChI is InChI=1S/C32H90O14Si15/c1-32-33-52(4)39-55(7)43-59(10,34-32)28-22-16-14-20-26-48-36-58(27-21-15-18-24-30-61(12)45-56(8)40-53(5)41-57(9)46-61)37-49-35-47-25-19-13-17-23-29-60(11)42-51(3)31-50(2)38-54(6)44-60/h32,50-58H,13-31,47-49H2,1-12H3. The molecule has 14 nitrogen and oxygen atoms in total. The Kier molecular flexibility index (Phi) is 30.2. The summed E-state index contributed by atoms with van der Waals surface area (Å²) in [5.41, 5.74) is 1.24. The molecule has 61 heavy (non-hydrogen) atoms. The van der Waals surface area contributed by atoms with E-state index in [1.807, 2.05) is 6.92 Å². The largest absolute Gasteiger partial charge is 0.446 e. The predicted octanol–water partition coefficient (Wildman–Crippen LogP) is 4.07. The van der Waals surface area contributed by atoms with Crippen LogP contribution in [0.4, 0.5) is 0 Å². The maximum atomic E-state index is 6.68. The zero-order valence-corrected chi connectivity index (χ0v) is 58.2. The second-order valence-corrected chi connectivity index (χ2v) is 56.1. The predicted molar refractivity (Wildman–Crippen MR) is 285 cm³/mol. The summed E-state index contributed by atoms with van der Waals surface area (Å²) < 4.78 is 89.1. The summed E-state index contributed by atoms with van der Waals surface area (Å²) >= 11 is 0. The molecule has 0 aromatic carbocycles. The first kappa shape index (κ1) is 58.0. The summed E-state index contributed by atoms with van der Waals surface area (Å²) in [4.78, 5) is 0. The molecule has 0 N–H and O–H groups in total. The van der Waals surface area contributed by atoms with Crippen LogP contribution >= 0.6 is 0 Å². The van der Waals surface area contributed by atoms with Crippen molar-refractivity contribution in [3.8, 4) is 0 Å². The van der Waals surface area contributed by atoms with Crippen LogP contribution < -0.4 is 0 Å².